The van der Waals surface area contributed by atoms with Crippen LogP contribution in [0.3, 0.4) is 0 Å². The average Bonchev–Trinajstić information content (AvgIpc) is 2.78. The van der Waals surface area contributed by atoms with E-state index in [9.17, 15) is 18.0 Å². The van der Waals surface area contributed by atoms with Gasteiger partial charge in [0.2, 0.25) is 21.8 Å². The van der Waals surface area contributed by atoms with Gasteiger partial charge < -0.3 is 15.0 Å². The summed E-state index contributed by atoms with van der Waals surface area (Å²) in [5.41, 5.74) is 1.77. The second-order valence-corrected chi connectivity index (χ2v) is 11.3. The predicted octanol–water partition coefficient (Wildman–Crippen LogP) is 3.61. The van der Waals surface area contributed by atoms with Crippen LogP contribution in [0.4, 0.5) is 5.69 Å². The molecule has 0 spiro atoms. The van der Waals surface area contributed by atoms with Crippen LogP contribution in [0.1, 0.15) is 31.9 Å². The van der Waals surface area contributed by atoms with Gasteiger partial charge in [0.15, 0.2) is 0 Å². The second kappa shape index (κ2) is 12.3. The molecular weight excluding hydrogens is 490 g/mol. The number of anilines is 1. The van der Waals surface area contributed by atoms with Crippen molar-refractivity contribution in [3.05, 3.63) is 58.6 Å². The molecule has 0 aromatic heterocycles. The zero-order valence-electron chi connectivity index (χ0n) is 21.0. The average molecular weight is 524 g/mol. The fraction of sp³-hybridized carbons (Fsp3) is 0.440. The lowest BCUT2D eigenvalue weighted by Crippen LogP contribution is -2.51. The van der Waals surface area contributed by atoms with Gasteiger partial charge in [0.05, 0.1) is 19.1 Å². The van der Waals surface area contributed by atoms with Gasteiger partial charge >= 0.3 is 0 Å². The van der Waals surface area contributed by atoms with Crippen molar-refractivity contribution in [1.29, 1.82) is 0 Å². The first kappa shape index (κ1) is 28.5. The second-order valence-electron chi connectivity index (χ2n) is 8.91. The number of carbonyl (C=O) groups excluding carboxylic acids is 2. The molecule has 2 amide bonds. The van der Waals surface area contributed by atoms with Gasteiger partial charge in [0.1, 0.15) is 18.3 Å². The quantitative estimate of drug-likeness (QED) is 0.485. The van der Waals surface area contributed by atoms with E-state index in [0.717, 1.165) is 16.1 Å². The van der Waals surface area contributed by atoms with Crippen molar-refractivity contribution in [3.8, 4) is 5.75 Å². The predicted molar refractivity (Wildman–Crippen MR) is 139 cm³/mol. The minimum atomic E-state index is -3.86. The van der Waals surface area contributed by atoms with Crippen LogP contribution in [0.5, 0.6) is 5.75 Å². The molecular formula is C25H34ClN3O5S. The Balaban J connectivity index is 2.44. The van der Waals surface area contributed by atoms with Crippen molar-refractivity contribution in [2.75, 3.05) is 30.8 Å². The number of amides is 2. The highest BCUT2D eigenvalue weighted by Crippen LogP contribution is 2.31. The van der Waals surface area contributed by atoms with E-state index >= 15 is 0 Å². The zero-order valence-corrected chi connectivity index (χ0v) is 22.6. The Morgan fingerprint density at radius 2 is 1.80 bits per heavy atom. The monoisotopic (exact) mass is 523 g/mol. The number of sulfonamides is 1. The molecule has 0 radical (unpaired) electrons. The van der Waals surface area contributed by atoms with Crippen molar-refractivity contribution in [2.24, 2.45) is 5.92 Å². The number of nitrogens with one attached hydrogen (secondary N) is 1. The lowest BCUT2D eigenvalue weighted by atomic mass is 10.1. The number of ether oxygens (including phenoxy) is 1. The topological polar surface area (TPSA) is 96.0 Å². The van der Waals surface area contributed by atoms with E-state index in [1.807, 2.05) is 20.8 Å². The van der Waals surface area contributed by atoms with Gasteiger partial charge in [0, 0.05) is 18.1 Å². The highest BCUT2D eigenvalue weighted by molar-refractivity contribution is 7.92. The number of nitrogens with zero attached hydrogens (tertiary/aromatic N) is 2. The number of hydrogen-bond acceptors (Lipinski definition) is 5. The molecule has 0 heterocycles. The maximum absolute atomic E-state index is 13.6. The van der Waals surface area contributed by atoms with Crippen LogP contribution in [0.15, 0.2) is 42.5 Å². The molecule has 192 valence electrons. The zero-order chi connectivity index (χ0) is 26.3. The van der Waals surface area contributed by atoms with E-state index in [1.54, 1.807) is 49.4 Å². The van der Waals surface area contributed by atoms with Crippen LogP contribution in [0.2, 0.25) is 5.02 Å². The summed E-state index contributed by atoms with van der Waals surface area (Å²) in [5.74, 6) is -0.310. The van der Waals surface area contributed by atoms with Crippen molar-refractivity contribution < 1.29 is 22.7 Å². The Morgan fingerprint density at radius 1 is 1.11 bits per heavy atom. The van der Waals surface area contributed by atoms with Gasteiger partial charge in [-0.2, -0.15) is 0 Å². The molecule has 0 bridgehead atoms. The maximum Gasteiger partial charge on any atom is 0.244 e. The van der Waals surface area contributed by atoms with Crippen LogP contribution in [0.25, 0.3) is 0 Å². The molecule has 0 saturated carbocycles. The lowest BCUT2D eigenvalue weighted by molar-refractivity contribution is -0.139. The summed E-state index contributed by atoms with van der Waals surface area (Å²) in [6, 6.07) is 11.2. The lowest BCUT2D eigenvalue weighted by Gasteiger charge is -2.32. The highest BCUT2D eigenvalue weighted by atomic mass is 35.5. The number of aryl methyl sites for hydroxylation is 1. The molecule has 1 atom stereocenters. The number of methoxy groups -OCH3 is 1. The van der Waals surface area contributed by atoms with Crippen molar-refractivity contribution in [3.63, 3.8) is 0 Å². The minimum absolute atomic E-state index is 0.0816. The first-order chi connectivity index (χ1) is 16.3. The molecule has 10 heteroatoms. The highest BCUT2D eigenvalue weighted by Gasteiger charge is 2.31. The number of halogens is 1. The van der Waals surface area contributed by atoms with Crippen LogP contribution in [0, 0.1) is 12.8 Å². The molecule has 8 nitrogen and oxygen atoms in total. The normalized spacial score (nSPS) is 12.2. The molecule has 0 aliphatic heterocycles. The fourth-order valence-electron chi connectivity index (χ4n) is 3.46. The smallest absolute Gasteiger partial charge is 0.244 e. The Labute approximate surface area is 213 Å². The van der Waals surface area contributed by atoms with E-state index in [0.29, 0.717) is 22.9 Å². The van der Waals surface area contributed by atoms with E-state index in [-0.39, 0.29) is 24.1 Å². The summed E-state index contributed by atoms with van der Waals surface area (Å²) < 4.78 is 31.9. The first-order valence-electron chi connectivity index (χ1n) is 11.3. The minimum Gasteiger partial charge on any atom is -0.495 e. The van der Waals surface area contributed by atoms with Crippen molar-refractivity contribution in [2.45, 2.75) is 40.3 Å². The molecule has 2 aromatic carbocycles. The molecule has 0 saturated heterocycles. The van der Waals surface area contributed by atoms with Crippen molar-refractivity contribution >= 4 is 39.1 Å². The fourth-order valence-corrected chi connectivity index (χ4v) is 4.51. The summed E-state index contributed by atoms with van der Waals surface area (Å²) in [7, 11) is -2.43. The van der Waals surface area contributed by atoms with E-state index in [2.05, 4.69) is 5.32 Å². The van der Waals surface area contributed by atoms with E-state index in [4.69, 9.17) is 16.3 Å². The van der Waals surface area contributed by atoms with Crippen LogP contribution >= 0.6 is 11.6 Å². The molecule has 2 aromatic rings. The van der Waals surface area contributed by atoms with Gasteiger partial charge in [-0.3, -0.25) is 13.9 Å². The SMILES string of the molecule is COc1ccc(C)cc1N(CC(=O)N(Cc1cccc(Cl)c1)[C@@H](C)C(=O)NCC(C)C)S(C)(=O)=O. The standard InChI is InChI=1S/C25H34ClN3O5S/c1-17(2)14-27-25(31)19(4)28(15-20-8-7-9-21(26)13-20)24(30)16-29(35(6,32)33)22-12-18(3)10-11-23(22)34-5/h7-13,17,19H,14-16H2,1-6H3,(H,27,31)/t19-/m0/s1. The number of benzene rings is 2. The first-order valence-corrected chi connectivity index (χ1v) is 13.5. The molecule has 2 rings (SSSR count). The summed E-state index contributed by atoms with van der Waals surface area (Å²) in [6.45, 7) is 7.42. The maximum atomic E-state index is 13.6. The molecule has 1 N–H and O–H groups in total. The summed E-state index contributed by atoms with van der Waals surface area (Å²) in [5, 5.41) is 3.34. The van der Waals surface area contributed by atoms with Gasteiger partial charge in [-0.15, -0.1) is 0 Å². The van der Waals surface area contributed by atoms with Gasteiger partial charge in [-0.05, 0) is 55.2 Å². The third-order valence-corrected chi connectivity index (χ3v) is 6.74. The Bertz CT molecular complexity index is 1150. The molecule has 35 heavy (non-hydrogen) atoms. The number of carbonyl (C=O) groups is 2. The third kappa shape index (κ3) is 8.14. The van der Waals surface area contributed by atoms with Gasteiger partial charge in [-0.1, -0.05) is 43.6 Å². The molecule has 0 unspecified atom stereocenters. The Hall–Kier alpha value is -2.78. The van der Waals surface area contributed by atoms with Gasteiger partial charge in [-0.25, -0.2) is 8.42 Å². The summed E-state index contributed by atoms with van der Waals surface area (Å²) >= 11 is 6.12. The van der Waals surface area contributed by atoms with Crippen LogP contribution in [-0.2, 0) is 26.2 Å². The number of rotatable bonds is 11. The molecule has 0 fully saturated rings. The van der Waals surface area contributed by atoms with E-state index in [1.165, 1.54) is 12.0 Å². The molecule has 0 aliphatic rings. The largest absolute Gasteiger partial charge is 0.495 e. The van der Waals surface area contributed by atoms with E-state index < -0.39 is 28.5 Å². The van der Waals surface area contributed by atoms with Crippen LogP contribution in [-0.4, -0.2) is 57.6 Å². The Morgan fingerprint density at radius 3 is 2.37 bits per heavy atom. The van der Waals surface area contributed by atoms with Crippen molar-refractivity contribution in [1.82, 2.24) is 10.2 Å². The summed E-state index contributed by atoms with van der Waals surface area (Å²) in [4.78, 5) is 27.8. The van der Waals surface area contributed by atoms with Gasteiger partial charge in [0.25, 0.3) is 0 Å². The molecule has 0 aliphatic carbocycles. The Kier molecular flexibility index (Phi) is 9.97. The third-order valence-electron chi connectivity index (χ3n) is 5.38. The van der Waals surface area contributed by atoms with Crippen LogP contribution < -0.4 is 14.4 Å². The number of hydrogen-bond donors (Lipinski definition) is 1. The summed E-state index contributed by atoms with van der Waals surface area (Å²) in [6.07, 6.45) is 1.03.